The zero-order valence-corrected chi connectivity index (χ0v) is 11.3. The lowest BCUT2D eigenvalue weighted by Crippen LogP contribution is -2.42. The minimum Gasteiger partial charge on any atom is -0.370 e. The maximum atomic E-state index is 12.4. The first-order valence-corrected chi connectivity index (χ1v) is 6.31. The molecule has 0 bridgehead atoms. The van der Waals surface area contributed by atoms with E-state index in [0.29, 0.717) is 19.4 Å². The first kappa shape index (κ1) is 15.4. The van der Waals surface area contributed by atoms with Gasteiger partial charge in [0, 0.05) is 13.0 Å². The molecule has 0 saturated carbocycles. The Bertz CT molecular complexity index is 383. The number of nitrogens with one attached hydrogen (secondary N) is 1. The average molecular weight is 271 g/mol. The van der Waals surface area contributed by atoms with Gasteiger partial charge >= 0.3 is 0 Å². The summed E-state index contributed by atoms with van der Waals surface area (Å²) >= 11 is 0. The summed E-state index contributed by atoms with van der Waals surface area (Å²) in [4.78, 5) is 36.1. The summed E-state index contributed by atoms with van der Waals surface area (Å²) in [5.41, 5.74) is 5.94. The Kier molecular flexibility index (Phi) is 4.88. The fraction of sp³-hybridized carbons (Fsp3) is 0.750. The van der Waals surface area contributed by atoms with Crippen LogP contribution in [0.2, 0.25) is 0 Å². The van der Waals surface area contributed by atoms with Crippen molar-refractivity contribution in [1.29, 1.82) is 0 Å². The molecule has 0 aromatic heterocycles. The number of carbonyl (C=O) groups is 3. The first-order chi connectivity index (χ1) is 8.80. The second kappa shape index (κ2) is 6.01. The van der Waals surface area contributed by atoms with Crippen LogP contribution in [0, 0.1) is 11.3 Å². The number of hydrogen-bond acceptors (Lipinski definition) is 4. The highest BCUT2D eigenvalue weighted by Gasteiger charge is 2.47. The molecule has 1 atom stereocenters. The third-order valence-corrected chi connectivity index (χ3v) is 3.37. The molecule has 7 nitrogen and oxygen atoms in total. The molecule has 0 aliphatic carbocycles. The Balaban J connectivity index is 2.85. The fourth-order valence-electron chi connectivity index (χ4n) is 2.79. The summed E-state index contributed by atoms with van der Waals surface area (Å²) in [5, 5.41) is 8.49. The van der Waals surface area contributed by atoms with E-state index in [9.17, 15) is 14.4 Å². The Morgan fingerprint density at radius 2 is 2.16 bits per heavy atom. The third kappa shape index (κ3) is 3.66. The molecule has 0 aromatic carbocycles. The van der Waals surface area contributed by atoms with E-state index in [2.05, 4.69) is 0 Å². The lowest BCUT2D eigenvalue weighted by atomic mass is 9.76. The van der Waals surface area contributed by atoms with Crippen LogP contribution in [0.3, 0.4) is 0 Å². The SMILES string of the molecule is CC(C)CC1(CC(N)=O)CCN(CC(=O)NO)C1=O. The maximum Gasteiger partial charge on any atom is 0.262 e. The van der Waals surface area contributed by atoms with Gasteiger partial charge in [-0.15, -0.1) is 0 Å². The van der Waals surface area contributed by atoms with Gasteiger partial charge in [-0.3, -0.25) is 19.6 Å². The van der Waals surface area contributed by atoms with Crippen molar-refractivity contribution in [1.82, 2.24) is 10.4 Å². The summed E-state index contributed by atoms with van der Waals surface area (Å²) in [6.07, 6.45) is 1.07. The number of hydrogen-bond donors (Lipinski definition) is 3. The van der Waals surface area contributed by atoms with E-state index in [1.807, 2.05) is 13.8 Å². The zero-order valence-electron chi connectivity index (χ0n) is 11.3. The van der Waals surface area contributed by atoms with Gasteiger partial charge in [0.1, 0.15) is 6.54 Å². The van der Waals surface area contributed by atoms with Gasteiger partial charge < -0.3 is 10.6 Å². The van der Waals surface area contributed by atoms with Gasteiger partial charge in [-0.25, -0.2) is 5.48 Å². The molecule has 108 valence electrons. The van der Waals surface area contributed by atoms with Crippen LogP contribution in [0.4, 0.5) is 0 Å². The monoisotopic (exact) mass is 271 g/mol. The molecular formula is C12H21N3O4. The van der Waals surface area contributed by atoms with Crippen molar-refractivity contribution in [2.24, 2.45) is 17.1 Å². The summed E-state index contributed by atoms with van der Waals surface area (Å²) in [6, 6.07) is 0. The molecule has 3 amide bonds. The second-order valence-corrected chi connectivity index (χ2v) is 5.53. The predicted molar refractivity (Wildman–Crippen MR) is 66.8 cm³/mol. The maximum absolute atomic E-state index is 12.4. The topological polar surface area (TPSA) is 113 Å². The Morgan fingerprint density at radius 1 is 1.53 bits per heavy atom. The second-order valence-electron chi connectivity index (χ2n) is 5.53. The van der Waals surface area contributed by atoms with Gasteiger partial charge in [0.2, 0.25) is 11.8 Å². The molecule has 1 saturated heterocycles. The van der Waals surface area contributed by atoms with E-state index in [0.717, 1.165) is 0 Å². The Morgan fingerprint density at radius 3 is 2.63 bits per heavy atom. The minimum atomic E-state index is -0.796. The lowest BCUT2D eigenvalue weighted by molar-refractivity contribution is -0.143. The van der Waals surface area contributed by atoms with E-state index in [1.54, 1.807) is 0 Å². The van der Waals surface area contributed by atoms with E-state index in [-0.39, 0.29) is 24.8 Å². The summed E-state index contributed by atoms with van der Waals surface area (Å²) in [6.45, 7) is 4.14. The first-order valence-electron chi connectivity index (χ1n) is 6.31. The Labute approximate surface area is 112 Å². The molecule has 7 heteroatoms. The number of nitrogens with zero attached hydrogens (tertiary/aromatic N) is 1. The normalized spacial score (nSPS) is 22.9. The number of rotatable bonds is 6. The number of amides is 3. The highest BCUT2D eigenvalue weighted by molar-refractivity contribution is 5.92. The molecule has 1 aliphatic rings. The molecule has 0 spiro atoms. The van der Waals surface area contributed by atoms with E-state index < -0.39 is 17.2 Å². The summed E-state index contributed by atoms with van der Waals surface area (Å²) in [7, 11) is 0. The largest absolute Gasteiger partial charge is 0.370 e. The molecule has 19 heavy (non-hydrogen) atoms. The number of nitrogens with two attached hydrogens (primary N) is 1. The van der Waals surface area contributed by atoms with Crippen LogP contribution in [-0.2, 0) is 14.4 Å². The number of hydroxylamine groups is 1. The molecule has 1 heterocycles. The van der Waals surface area contributed by atoms with Crippen LogP contribution in [0.25, 0.3) is 0 Å². The van der Waals surface area contributed by atoms with E-state index >= 15 is 0 Å². The van der Waals surface area contributed by atoms with Gasteiger partial charge in [0.15, 0.2) is 0 Å². The molecule has 0 radical (unpaired) electrons. The highest BCUT2D eigenvalue weighted by Crippen LogP contribution is 2.40. The Hall–Kier alpha value is -1.63. The van der Waals surface area contributed by atoms with Gasteiger partial charge in [0.05, 0.1) is 5.41 Å². The zero-order chi connectivity index (χ0) is 14.6. The van der Waals surface area contributed by atoms with Crippen molar-refractivity contribution >= 4 is 17.7 Å². The van der Waals surface area contributed by atoms with Crippen LogP contribution >= 0.6 is 0 Å². The van der Waals surface area contributed by atoms with Crippen LogP contribution in [0.1, 0.15) is 33.1 Å². The summed E-state index contributed by atoms with van der Waals surface area (Å²) < 4.78 is 0. The van der Waals surface area contributed by atoms with Crippen LogP contribution in [0.15, 0.2) is 0 Å². The van der Waals surface area contributed by atoms with Crippen molar-refractivity contribution in [3.63, 3.8) is 0 Å². The van der Waals surface area contributed by atoms with Crippen molar-refractivity contribution < 1.29 is 19.6 Å². The minimum absolute atomic E-state index is 0.00125. The van der Waals surface area contributed by atoms with Crippen molar-refractivity contribution in [2.75, 3.05) is 13.1 Å². The summed E-state index contributed by atoms with van der Waals surface area (Å²) in [5.74, 6) is -1.14. The third-order valence-electron chi connectivity index (χ3n) is 3.37. The average Bonchev–Trinajstić information content (AvgIpc) is 2.56. The highest BCUT2D eigenvalue weighted by atomic mass is 16.5. The van der Waals surface area contributed by atoms with Crippen LogP contribution in [-0.4, -0.2) is 40.9 Å². The van der Waals surface area contributed by atoms with Crippen molar-refractivity contribution in [2.45, 2.75) is 33.1 Å². The van der Waals surface area contributed by atoms with Gasteiger partial charge in [0.25, 0.3) is 5.91 Å². The molecule has 1 rings (SSSR count). The van der Waals surface area contributed by atoms with Crippen LogP contribution in [0.5, 0.6) is 0 Å². The number of carbonyl (C=O) groups excluding carboxylic acids is 3. The van der Waals surface area contributed by atoms with Crippen molar-refractivity contribution in [3.05, 3.63) is 0 Å². The molecule has 4 N–H and O–H groups in total. The predicted octanol–water partition coefficient (Wildman–Crippen LogP) is -0.368. The van der Waals surface area contributed by atoms with E-state index in [1.165, 1.54) is 10.4 Å². The molecule has 1 fully saturated rings. The molecule has 0 aromatic rings. The van der Waals surface area contributed by atoms with Crippen LogP contribution < -0.4 is 11.2 Å². The molecule has 1 aliphatic heterocycles. The smallest absolute Gasteiger partial charge is 0.262 e. The van der Waals surface area contributed by atoms with Gasteiger partial charge in [-0.2, -0.15) is 0 Å². The fourth-order valence-corrected chi connectivity index (χ4v) is 2.79. The standard InChI is InChI=1S/C12H21N3O4/c1-8(2)5-12(6-9(13)16)3-4-15(11(12)18)7-10(17)14-19/h8,19H,3-7H2,1-2H3,(H2,13,16)(H,14,17). The van der Waals surface area contributed by atoms with Crippen molar-refractivity contribution in [3.8, 4) is 0 Å². The number of likely N-dealkylation sites (tertiary alicyclic amines) is 1. The lowest BCUT2D eigenvalue weighted by Gasteiger charge is -2.28. The number of primary amides is 1. The quantitative estimate of drug-likeness (QED) is 0.452. The van der Waals surface area contributed by atoms with E-state index in [4.69, 9.17) is 10.9 Å². The molecular weight excluding hydrogens is 250 g/mol. The molecule has 1 unspecified atom stereocenters. The van der Waals surface area contributed by atoms with Gasteiger partial charge in [-0.05, 0) is 18.8 Å². The van der Waals surface area contributed by atoms with Gasteiger partial charge in [-0.1, -0.05) is 13.8 Å².